The summed E-state index contributed by atoms with van der Waals surface area (Å²) in [5.74, 6) is -1.22. The lowest BCUT2D eigenvalue weighted by Crippen LogP contribution is -2.41. The van der Waals surface area contributed by atoms with Gasteiger partial charge in [0.25, 0.3) is 0 Å². The fourth-order valence-corrected chi connectivity index (χ4v) is 2.20. The fraction of sp³-hybridized carbons (Fsp3) is 0.429. The van der Waals surface area contributed by atoms with Crippen molar-refractivity contribution in [2.24, 2.45) is 0 Å². The minimum Gasteiger partial charge on any atom is -0.478 e. The molecule has 1 amide bonds. The van der Waals surface area contributed by atoms with Gasteiger partial charge in [0, 0.05) is 13.0 Å². The molecule has 1 aliphatic rings. The number of alkyl halides is 1. The van der Waals surface area contributed by atoms with Gasteiger partial charge in [0.2, 0.25) is 5.91 Å². The first-order chi connectivity index (χ1) is 9.47. The van der Waals surface area contributed by atoms with Gasteiger partial charge in [-0.2, -0.15) is 0 Å². The molecule has 1 aromatic carbocycles. The van der Waals surface area contributed by atoms with Gasteiger partial charge in [-0.25, -0.2) is 9.18 Å². The highest BCUT2D eigenvalue weighted by molar-refractivity contribution is 5.87. The molecule has 6 heteroatoms. The summed E-state index contributed by atoms with van der Waals surface area (Å²) in [6.45, 7) is 2.01. The molecule has 1 saturated heterocycles. The van der Waals surface area contributed by atoms with E-state index in [-0.39, 0.29) is 30.5 Å². The van der Waals surface area contributed by atoms with Crippen LogP contribution in [0.2, 0.25) is 0 Å². The zero-order chi connectivity index (χ0) is 14.7. The van der Waals surface area contributed by atoms with E-state index in [0.29, 0.717) is 0 Å². The number of hydrogen-bond acceptors (Lipinski definition) is 3. The first-order valence-corrected chi connectivity index (χ1v) is 6.48. The van der Waals surface area contributed by atoms with Gasteiger partial charge in [-0.05, 0) is 24.6 Å². The fourth-order valence-electron chi connectivity index (χ4n) is 2.20. The third-order valence-electron chi connectivity index (χ3n) is 3.41. The molecule has 3 N–H and O–H groups in total. The summed E-state index contributed by atoms with van der Waals surface area (Å²) in [5.41, 5.74) is 1.00. The quantitative estimate of drug-likeness (QED) is 0.776. The SMILES string of the molecule is C[C@H](NC(=O)[C@H]1C[C@H](F)CN1)c1ccc(C(=O)O)cc1. The number of benzene rings is 1. The number of carboxylic acid groups (broad SMARTS) is 1. The molecular formula is C14H17FN2O3. The van der Waals surface area contributed by atoms with Crippen LogP contribution in [0.4, 0.5) is 4.39 Å². The van der Waals surface area contributed by atoms with E-state index in [1.54, 1.807) is 19.1 Å². The van der Waals surface area contributed by atoms with Crippen molar-refractivity contribution in [3.05, 3.63) is 35.4 Å². The number of carboxylic acids is 1. The van der Waals surface area contributed by atoms with E-state index < -0.39 is 18.2 Å². The van der Waals surface area contributed by atoms with Crippen LogP contribution in [0.25, 0.3) is 0 Å². The van der Waals surface area contributed by atoms with Crippen molar-refractivity contribution in [1.29, 1.82) is 0 Å². The molecule has 1 heterocycles. The number of amides is 1. The van der Waals surface area contributed by atoms with Gasteiger partial charge < -0.3 is 15.7 Å². The summed E-state index contributed by atoms with van der Waals surface area (Å²) in [7, 11) is 0. The molecule has 3 atom stereocenters. The van der Waals surface area contributed by atoms with Crippen LogP contribution in [0.5, 0.6) is 0 Å². The molecule has 20 heavy (non-hydrogen) atoms. The first kappa shape index (κ1) is 14.5. The Balaban J connectivity index is 1.95. The van der Waals surface area contributed by atoms with E-state index in [4.69, 9.17) is 5.11 Å². The minimum atomic E-state index is -0.989. The van der Waals surface area contributed by atoms with Crippen molar-refractivity contribution >= 4 is 11.9 Å². The maximum atomic E-state index is 13.0. The number of halogens is 1. The van der Waals surface area contributed by atoms with Gasteiger partial charge in [-0.3, -0.25) is 4.79 Å². The maximum absolute atomic E-state index is 13.0. The van der Waals surface area contributed by atoms with E-state index in [1.165, 1.54) is 12.1 Å². The lowest BCUT2D eigenvalue weighted by Gasteiger charge is -2.17. The Morgan fingerprint density at radius 2 is 2.05 bits per heavy atom. The summed E-state index contributed by atoms with van der Waals surface area (Å²) in [6.07, 6.45) is -0.785. The van der Waals surface area contributed by atoms with E-state index in [2.05, 4.69) is 10.6 Å². The lowest BCUT2D eigenvalue weighted by atomic mass is 10.1. The van der Waals surface area contributed by atoms with E-state index in [0.717, 1.165) is 5.56 Å². The lowest BCUT2D eigenvalue weighted by molar-refractivity contribution is -0.123. The Morgan fingerprint density at radius 3 is 2.55 bits per heavy atom. The molecule has 108 valence electrons. The average molecular weight is 280 g/mol. The second-order valence-electron chi connectivity index (χ2n) is 4.95. The van der Waals surface area contributed by atoms with Crippen LogP contribution >= 0.6 is 0 Å². The van der Waals surface area contributed by atoms with Crippen molar-refractivity contribution in [2.45, 2.75) is 31.6 Å². The number of aromatic carboxylic acids is 1. The van der Waals surface area contributed by atoms with Gasteiger partial charge in [-0.15, -0.1) is 0 Å². The molecule has 1 fully saturated rings. The number of carbonyl (C=O) groups is 2. The van der Waals surface area contributed by atoms with Gasteiger partial charge in [0.15, 0.2) is 0 Å². The van der Waals surface area contributed by atoms with Crippen LogP contribution in [0.15, 0.2) is 24.3 Å². The Labute approximate surface area is 116 Å². The van der Waals surface area contributed by atoms with Gasteiger partial charge >= 0.3 is 5.97 Å². The Kier molecular flexibility index (Phi) is 4.34. The average Bonchev–Trinajstić information content (AvgIpc) is 2.85. The molecule has 0 aromatic heterocycles. The molecule has 0 unspecified atom stereocenters. The van der Waals surface area contributed by atoms with Gasteiger partial charge in [0.1, 0.15) is 6.17 Å². The largest absolute Gasteiger partial charge is 0.478 e. The maximum Gasteiger partial charge on any atom is 0.335 e. The predicted octanol–water partition coefficient (Wildman–Crippen LogP) is 1.26. The summed E-state index contributed by atoms with van der Waals surface area (Å²) in [4.78, 5) is 22.7. The Morgan fingerprint density at radius 1 is 1.40 bits per heavy atom. The molecule has 0 bridgehead atoms. The van der Waals surface area contributed by atoms with Crippen molar-refractivity contribution in [1.82, 2.24) is 10.6 Å². The highest BCUT2D eigenvalue weighted by Crippen LogP contribution is 2.15. The zero-order valence-corrected chi connectivity index (χ0v) is 11.1. The predicted molar refractivity (Wildman–Crippen MR) is 71.3 cm³/mol. The second-order valence-corrected chi connectivity index (χ2v) is 4.95. The molecular weight excluding hydrogens is 263 g/mol. The topological polar surface area (TPSA) is 78.4 Å². The van der Waals surface area contributed by atoms with Crippen molar-refractivity contribution in [3.63, 3.8) is 0 Å². The summed E-state index contributed by atoms with van der Waals surface area (Å²) in [6, 6.07) is 5.55. The highest BCUT2D eigenvalue weighted by atomic mass is 19.1. The zero-order valence-electron chi connectivity index (χ0n) is 11.1. The summed E-state index contributed by atoms with van der Waals surface area (Å²) < 4.78 is 13.0. The van der Waals surface area contributed by atoms with E-state index in [1.807, 2.05) is 0 Å². The van der Waals surface area contributed by atoms with Crippen LogP contribution in [-0.4, -0.2) is 35.7 Å². The van der Waals surface area contributed by atoms with E-state index in [9.17, 15) is 14.0 Å². The van der Waals surface area contributed by atoms with Crippen LogP contribution in [0.1, 0.15) is 35.3 Å². The number of rotatable bonds is 4. The van der Waals surface area contributed by atoms with Crippen molar-refractivity contribution < 1.29 is 19.1 Å². The number of nitrogens with one attached hydrogen (secondary N) is 2. The highest BCUT2D eigenvalue weighted by Gasteiger charge is 2.29. The molecule has 1 aromatic rings. The molecule has 0 spiro atoms. The molecule has 2 rings (SSSR count). The number of carbonyl (C=O) groups excluding carboxylic acids is 1. The van der Waals surface area contributed by atoms with Crippen molar-refractivity contribution in [3.8, 4) is 0 Å². The second kappa shape index (κ2) is 6.00. The standard InChI is InChI=1S/C14H17FN2O3/c1-8(9-2-4-10(5-3-9)14(19)20)17-13(18)12-6-11(15)7-16-12/h2-5,8,11-12,16H,6-7H2,1H3,(H,17,18)(H,19,20)/t8-,11-,12+/m0/s1. The summed E-state index contributed by atoms with van der Waals surface area (Å²) >= 11 is 0. The van der Waals surface area contributed by atoms with E-state index >= 15 is 0 Å². The third-order valence-corrected chi connectivity index (χ3v) is 3.41. The summed E-state index contributed by atoms with van der Waals surface area (Å²) in [5, 5.41) is 14.4. The molecule has 5 nitrogen and oxygen atoms in total. The molecule has 0 radical (unpaired) electrons. The Hall–Kier alpha value is -1.95. The normalized spacial score (nSPS) is 23.3. The van der Waals surface area contributed by atoms with Gasteiger partial charge in [-0.1, -0.05) is 12.1 Å². The monoisotopic (exact) mass is 280 g/mol. The number of hydrogen-bond donors (Lipinski definition) is 3. The first-order valence-electron chi connectivity index (χ1n) is 6.48. The van der Waals surface area contributed by atoms with Crippen LogP contribution < -0.4 is 10.6 Å². The third kappa shape index (κ3) is 3.33. The van der Waals surface area contributed by atoms with Crippen molar-refractivity contribution in [2.75, 3.05) is 6.54 Å². The van der Waals surface area contributed by atoms with Crippen LogP contribution in [-0.2, 0) is 4.79 Å². The molecule has 0 aliphatic carbocycles. The minimum absolute atomic E-state index is 0.191. The molecule has 0 saturated carbocycles. The smallest absolute Gasteiger partial charge is 0.335 e. The Bertz CT molecular complexity index is 504. The van der Waals surface area contributed by atoms with Crippen LogP contribution in [0, 0.1) is 0 Å². The van der Waals surface area contributed by atoms with Crippen LogP contribution in [0.3, 0.4) is 0 Å². The van der Waals surface area contributed by atoms with Gasteiger partial charge in [0.05, 0.1) is 17.6 Å². The molecule has 1 aliphatic heterocycles.